The number of anilines is 16. The summed E-state index contributed by atoms with van der Waals surface area (Å²) in [7, 11) is 7.56. The highest BCUT2D eigenvalue weighted by Gasteiger charge is 2.22. The third-order valence-electron chi connectivity index (χ3n) is 22.0. The van der Waals surface area contributed by atoms with Crippen molar-refractivity contribution in [3.63, 3.8) is 0 Å². The molecule has 0 unspecified atom stereocenters. The number of pyridine rings is 8. The molecular weight excluding hydrogens is 1970 g/mol. The third kappa shape index (κ3) is 29.6. The van der Waals surface area contributed by atoms with Crippen molar-refractivity contribution in [2.75, 3.05) is 78.1 Å². The Hall–Kier alpha value is -18.0. The third-order valence-corrected chi connectivity index (χ3v) is 22.8. The fourth-order valence-corrected chi connectivity index (χ4v) is 15.2. The highest BCUT2D eigenvalue weighted by atomic mass is 35.5. The second-order valence-corrected chi connectivity index (χ2v) is 32.8. The number of rotatable bonds is 40. The van der Waals surface area contributed by atoms with Gasteiger partial charge in [0.25, 0.3) is 5.69 Å². The van der Waals surface area contributed by atoms with Crippen molar-refractivity contribution in [1.29, 1.82) is 0 Å². The number of aliphatic hydroxyl groups is 6. The van der Waals surface area contributed by atoms with E-state index in [1.807, 2.05) is 36.4 Å². The predicted molar refractivity (Wildman–Crippen MR) is 575 cm³/mol. The number of nitro benzene ring substituents is 1. The van der Waals surface area contributed by atoms with Crippen molar-refractivity contribution < 1.29 is 82.8 Å². The molecule has 38 heteroatoms. The summed E-state index contributed by atoms with van der Waals surface area (Å²) in [6, 6.07) is 67.2. The van der Waals surface area contributed by atoms with E-state index in [2.05, 4.69) is 82.4 Å². The second-order valence-electron chi connectivity index (χ2n) is 31.6. The van der Waals surface area contributed by atoms with Crippen molar-refractivity contribution in [2.24, 2.45) is 0 Å². The van der Waals surface area contributed by atoms with Crippen LogP contribution in [0.4, 0.5) is 102 Å². The molecule has 8 aromatic heterocycles. The van der Waals surface area contributed by atoms with E-state index in [9.17, 15) is 64.3 Å². The number of benzene rings is 8. The number of halogens is 4. The monoisotopic (exact) mass is 2060 g/mol. The molecule has 14 N–H and O–H groups in total. The Morgan fingerprint density at radius 2 is 0.584 bits per heavy atom. The van der Waals surface area contributed by atoms with Crippen LogP contribution in [0.25, 0.3) is 24.3 Å². The number of ether oxygens (including phenoxy) is 5. The van der Waals surface area contributed by atoms with Crippen LogP contribution in [0.2, 0.25) is 15.1 Å². The van der Waals surface area contributed by atoms with E-state index in [0.29, 0.717) is 197 Å². The first-order valence-electron chi connectivity index (χ1n) is 45.3. The van der Waals surface area contributed by atoms with Gasteiger partial charge in [0.2, 0.25) is 0 Å². The van der Waals surface area contributed by atoms with E-state index >= 15 is 0 Å². The van der Waals surface area contributed by atoms with Gasteiger partial charge in [0.15, 0.2) is 34.6 Å². The van der Waals surface area contributed by atoms with Gasteiger partial charge < -0.3 is 96.9 Å². The summed E-state index contributed by atoms with van der Waals surface area (Å²) in [5.41, 5.74) is 12.0. The Morgan fingerprint density at radius 3 is 0.899 bits per heavy atom. The maximum atomic E-state index is 13.3. The maximum absolute atomic E-state index is 13.3. The zero-order valence-electron chi connectivity index (χ0n) is 80.3. The van der Waals surface area contributed by atoms with Gasteiger partial charge in [-0.05, 0) is 272 Å². The van der Waals surface area contributed by atoms with E-state index in [1.54, 1.807) is 270 Å². The number of aromatic nitrogens is 8. The molecule has 16 aromatic rings. The number of nitro groups is 1. The number of nitrogens with zero attached hydrogens (tertiary/aromatic N) is 9. The van der Waals surface area contributed by atoms with Gasteiger partial charge in [-0.25, -0.2) is 44.3 Å². The fourth-order valence-electron chi connectivity index (χ4n) is 14.6. The first-order chi connectivity index (χ1) is 72.4. The smallest absolute Gasteiger partial charge is 0.269 e. The Bertz CT molecular complexity index is 7490. The molecule has 8 aromatic carbocycles. The molecule has 0 atom stereocenters. The summed E-state index contributed by atoms with van der Waals surface area (Å²) in [4.78, 5) is 97.7. The van der Waals surface area contributed by atoms with Crippen molar-refractivity contribution in [2.45, 2.75) is 39.6 Å². The molecule has 34 nitrogen and oxygen atoms in total. The van der Waals surface area contributed by atoms with Gasteiger partial charge in [0.05, 0.1) is 113 Å². The molecule has 0 aliphatic heterocycles. The molecule has 0 saturated heterocycles. The lowest BCUT2D eigenvalue weighted by Crippen LogP contribution is -2.06. The molecule has 0 amide bonds. The number of allylic oxidation sites excluding steroid dienone is 4. The summed E-state index contributed by atoms with van der Waals surface area (Å²) in [5, 5.41) is 95.8. The van der Waals surface area contributed by atoms with Gasteiger partial charge in [-0.2, -0.15) is 0 Å². The summed E-state index contributed by atoms with van der Waals surface area (Å²) >= 11 is 18.2. The normalized spacial score (nSPS) is 10.9. The first kappa shape index (κ1) is 108. The molecule has 0 radical (unpaired) electrons. The van der Waals surface area contributed by atoms with Crippen molar-refractivity contribution in [3.05, 3.63) is 425 Å². The zero-order valence-corrected chi connectivity index (χ0v) is 82.6. The van der Waals surface area contributed by atoms with Gasteiger partial charge in [-0.3, -0.25) is 29.3 Å². The number of carbonyl (C=O) groups excluding carboxylic acids is 4. The molecule has 149 heavy (non-hydrogen) atoms. The average molecular weight is 2070 g/mol. The number of hydrogen-bond acceptors (Lipinski definition) is 33. The molecule has 16 rings (SSSR count). The van der Waals surface area contributed by atoms with Crippen LogP contribution >= 0.6 is 34.8 Å². The largest absolute Gasteiger partial charge is 0.496 e. The van der Waals surface area contributed by atoms with Crippen LogP contribution < -0.4 is 66.2 Å². The Labute approximate surface area is 869 Å². The highest BCUT2D eigenvalue weighted by molar-refractivity contribution is 6.36. The van der Waals surface area contributed by atoms with Crippen LogP contribution in [0.3, 0.4) is 0 Å². The van der Waals surface area contributed by atoms with Crippen LogP contribution in [-0.2, 0) is 39.6 Å². The molecule has 0 bridgehead atoms. The van der Waals surface area contributed by atoms with Crippen LogP contribution in [-0.4, -0.2) is 134 Å². The van der Waals surface area contributed by atoms with Gasteiger partial charge in [0, 0.05) is 175 Å². The fraction of sp³-hybridized carbons (Fsp3) is 0.0991. The molecule has 0 aliphatic rings. The van der Waals surface area contributed by atoms with Gasteiger partial charge >= 0.3 is 0 Å². The summed E-state index contributed by atoms with van der Waals surface area (Å²) < 4.78 is 39.9. The number of carbonyl (C=O) groups is 4. The summed E-state index contributed by atoms with van der Waals surface area (Å²) in [6.07, 6.45) is 25.2. The quantitative estimate of drug-likeness (QED) is 0.00734. The lowest BCUT2D eigenvalue weighted by molar-refractivity contribution is -0.384. The number of nitrogens with one attached hydrogen (secondary N) is 8. The van der Waals surface area contributed by atoms with E-state index < -0.39 is 4.92 Å². The van der Waals surface area contributed by atoms with Crippen LogP contribution in [0.5, 0.6) is 28.7 Å². The van der Waals surface area contributed by atoms with E-state index in [4.69, 9.17) is 58.5 Å². The second kappa shape index (κ2) is 54.1. The highest BCUT2D eigenvalue weighted by Crippen LogP contribution is 2.39. The Kier molecular flexibility index (Phi) is 39.3. The predicted octanol–water partition coefficient (Wildman–Crippen LogP) is 22.4. The molecule has 0 aliphatic carbocycles. The van der Waals surface area contributed by atoms with Gasteiger partial charge in [-0.15, -0.1) is 0 Å². The van der Waals surface area contributed by atoms with Crippen molar-refractivity contribution >= 4 is 180 Å². The minimum absolute atomic E-state index is 0.0245. The van der Waals surface area contributed by atoms with E-state index in [0.717, 1.165) is 16.9 Å². The number of methoxy groups -OCH3 is 5. The lowest BCUT2D eigenvalue weighted by atomic mass is 10.1. The molecule has 0 fully saturated rings. The Morgan fingerprint density at radius 1 is 0.309 bits per heavy atom. The molecule has 0 spiro atoms. The van der Waals surface area contributed by atoms with Crippen LogP contribution in [0.15, 0.2) is 317 Å². The Balaban J connectivity index is 0.000000166. The van der Waals surface area contributed by atoms with Gasteiger partial charge in [-0.1, -0.05) is 34.8 Å². The van der Waals surface area contributed by atoms with Crippen molar-refractivity contribution in [3.8, 4) is 28.7 Å². The van der Waals surface area contributed by atoms with Crippen LogP contribution in [0.1, 0.15) is 97.1 Å². The van der Waals surface area contributed by atoms with Gasteiger partial charge in [0.1, 0.15) is 69.6 Å². The molecule has 0 saturated carbocycles. The first-order valence-corrected chi connectivity index (χ1v) is 46.4. The lowest BCUT2D eigenvalue weighted by Gasteiger charge is -2.15. The number of hydrogen-bond donors (Lipinski definition) is 14. The zero-order chi connectivity index (χ0) is 106. The maximum Gasteiger partial charge on any atom is 0.269 e. The summed E-state index contributed by atoms with van der Waals surface area (Å²) in [5.74, 6) is 4.39. The van der Waals surface area contributed by atoms with Crippen LogP contribution in [0, 0.1) is 15.9 Å². The number of ketones is 4. The average Bonchev–Trinajstić information content (AvgIpc) is 0.804. The molecular formula is C111H97Cl3FN17O17. The van der Waals surface area contributed by atoms with E-state index in [1.165, 1.54) is 69.9 Å². The van der Waals surface area contributed by atoms with E-state index in [-0.39, 0.29) is 74.3 Å². The standard InChI is InChI=1S/C30H30N4O6.C28H25ClN4O4.C28H25N5O6.C25H17Cl2FN4O/c1-38-26-11-9-21(15-28(26)40-3)33-29-19(6-4-12-31-29)8-10-25(37)23-7-5-13-32-30(23)34-22-14-20(17-35)24(18-36)27(16-22)39-2;1-37-26-15-22(14-19(16-34)24(26)17-35)33-28-23(5-3-13-31-28)25(36)11-6-18-4-2-12-30-27(18)32-21-9-7-20(29)8-10-21;1-39-26-15-21(14-19(16-34)24(26)17-35)32-28-23(5-3-13-30-28)25(36)11-6-18-4-2-12-29-27(18)31-20-7-9-22(10-8-20)33(37)38;26-17-6-11-22(21(27)15-17)32-24-16(3-1-13-29-24)5-12-23(33)20-4-2-14-30-25(20)31-19-9-7-18(28)8-10-19/h4-16,35-36H,17-18H2,1-3H3,(H,31,33)(H,32,34);2-15,34-35H,16-17H2,1H3,(H,30,32)(H,31,33);2-15,34-35H,16-17H2,1H3,(H,29,31)(H,30,32);1-15H,(H,29,32)(H,30,31)/b10-8+;2*11-6+;12-5+. The minimum Gasteiger partial charge on any atom is -0.496 e. The number of aliphatic hydroxyl groups excluding tert-OH is 6. The SMILES string of the molecule is COc1cc(Nc2ncccc2C(=O)/C=C/c2cccnc2Nc2ccc(Cl)cc2)cc(CO)c1CO.COc1cc(Nc2ncccc2C(=O)/C=C/c2cccnc2Nc2ccc([N+](=O)[O-])cc2)cc(CO)c1CO.COc1ccc(Nc2ncccc2/C=C/C(=O)c2cccnc2Nc2cc(CO)c(CO)c(OC)c2)cc1OC.O=C(/C=C/c1cccnc1Nc1ccc(Cl)cc1Cl)c1cccnc1Nc1ccc(F)cc1. The molecule has 756 valence electrons. The minimum atomic E-state index is -0.474. The molecule has 8 heterocycles. The number of non-ortho nitro benzene ring substituents is 1. The van der Waals surface area contributed by atoms with Crippen molar-refractivity contribution in [1.82, 2.24) is 39.9 Å². The summed E-state index contributed by atoms with van der Waals surface area (Å²) in [6.45, 7) is -1.73. The topological polar surface area (TPSA) is 478 Å².